The average Bonchev–Trinajstić information content (AvgIpc) is 3.24. The summed E-state index contributed by atoms with van der Waals surface area (Å²) < 4.78 is 10.8. The molecule has 0 atom stereocenters. The Kier molecular flexibility index (Phi) is 4.56. The van der Waals surface area contributed by atoms with Crippen molar-refractivity contribution in [3.05, 3.63) is 29.5 Å². The molecule has 118 valence electrons. The number of carbonyl (C=O) groups excluding carboxylic acids is 1. The number of rotatable bonds is 5. The summed E-state index contributed by atoms with van der Waals surface area (Å²) in [7, 11) is 0. The number of hydrogen-bond acceptors (Lipinski definition) is 6. The maximum atomic E-state index is 12.5. The number of carbonyl (C=O) groups is 1. The molecule has 1 amide bonds. The number of nitrogens with one attached hydrogen (secondary N) is 1. The van der Waals surface area contributed by atoms with Crippen LogP contribution >= 0.6 is 11.3 Å². The van der Waals surface area contributed by atoms with Crippen molar-refractivity contribution in [1.29, 1.82) is 0 Å². The number of ether oxygens (including phenoxy) is 1. The normalized spacial score (nSPS) is 17.3. The van der Waals surface area contributed by atoms with Crippen molar-refractivity contribution in [3.63, 3.8) is 0 Å². The molecule has 0 aliphatic carbocycles. The lowest BCUT2D eigenvalue weighted by Crippen LogP contribution is -2.49. The molecule has 0 unspecified atom stereocenters. The van der Waals surface area contributed by atoms with Crippen molar-refractivity contribution in [2.75, 3.05) is 19.8 Å². The maximum absolute atomic E-state index is 12.5. The van der Waals surface area contributed by atoms with Crippen molar-refractivity contribution in [1.82, 2.24) is 10.3 Å². The van der Waals surface area contributed by atoms with E-state index >= 15 is 0 Å². The van der Waals surface area contributed by atoms with Gasteiger partial charge in [-0.15, -0.1) is 11.3 Å². The van der Waals surface area contributed by atoms with Crippen LogP contribution in [0.15, 0.2) is 28.2 Å². The van der Waals surface area contributed by atoms with Gasteiger partial charge in [0, 0.05) is 19.8 Å². The molecule has 0 aromatic carbocycles. The lowest BCUT2D eigenvalue weighted by Gasteiger charge is -2.34. The predicted molar refractivity (Wildman–Crippen MR) is 83.2 cm³/mol. The summed E-state index contributed by atoms with van der Waals surface area (Å²) in [5.74, 6) is 0.554. The number of amides is 1. The standard InChI is InChI=1S/C15H19N3O3S/c16-10-15(3-5-20-6-4-15)14(19)17-8-11-9-21-13(18-11)12-2-1-7-22-12/h1-2,7,9H,3-6,8,10,16H2,(H,17,19). The third-order valence-electron chi connectivity index (χ3n) is 4.04. The van der Waals surface area contributed by atoms with Gasteiger partial charge in [0.25, 0.3) is 0 Å². The van der Waals surface area contributed by atoms with Crippen molar-refractivity contribution in [3.8, 4) is 10.8 Å². The number of nitrogens with zero attached hydrogens (tertiary/aromatic N) is 1. The Morgan fingerprint density at radius 3 is 2.95 bits per heavy atom. The van der Waals surface area contributed by atoms with Gasteiger partial charge in [-0.3, -0.25) is 4.79 Å². The predicted octanol–water partition coefficient (Wildman–Crippen LogP) is 1.77. The second-order valence-electron chi connectivity index (χ2n) is 5.40. The second-order valence-corrected chi connectivity index (χ2v) is 6.35. The van der Waals surface area contributed by atoms with E-state index in [0.717, 1.165) is 4.88 Å². The lowest BCUT2D eigenvalue weighted by molar-refractivity contribution is -0.136. The summed E-state index contributed by atoms with van der Waals surface area (Å²) in [6.07, 6.45) is 2.90. The Hall–Kier alpha value is -1.70. The molecule has 0 spiro atoms. The van der Waals surface area contributed by atoms with E-state index < -0.39 is 5.41 Å². The van der Waals surface area contributed by atoms with E-state index in [1.165, 1.54) is 0 Å². The number of thiophene rings is 1. The van der Waals surface area contributed by atoms with Gasteiger partial charge in [0.1, 0.15) is 6.26 Å². The van der Waals surface area contributed by atoms with Gasteiger partial charge in [-0.2, -0.15) is 0 Å². The van der Waals surface area contributed by atoms with Crippen LogP contribution in [0.5, 0.6) is 0 Å². The topological polar surface area (TPSA) is 90.4 Å². The van der Waals surface area contributed by atoms with Gasteiger partial charge in [0.15, 0.2) is 0 Å². The molecule has 0 radical (unpaired) electrons. The third kappa shape index (κ3) is 3.06. The van der Waals surface area contributed by atoms with E-state index in [0.29, 0.717) is 50.7 Å². The summed E-state index contributed by atoms with van der Waals surface area (Å²) >= 11 is 1.57. The zero-order valence-corrected chi connectivity index (χ0v) is 13.0. The Labute approximate surface area is 132 Å². The van der Waals surface area contributed by atoms with Crippen LogP contribution in [0.3, 0.4) is 0 Å². The van der Waals surface area contributed by atoms with E-state index in [2.05, 4.69) is 10.3 Å². The molecule has 0 bridgehead atoms. The fraction of sp³-hybridized carbons (Fsp3) is 0.467. The summed E-state index contributed by atoms with van der Waals surface area (Å²) in [5, 5.41) is 4.89. The van der Waals surface area contributed by atoms with Crippen LogP contribution in [0.2, 0.25) is 0 Å². The molecular formula is C15H19N3O3S. The smallest absolute Gasteiger partial charge is 0.236 e. The monoisotopic (exact) mass is 321 g/mol. The zero-order valence-electron chi connectivity index (χ0n) is 12.2. The van der Waals surface area contributed by atoms with Gasteiger partial charge in [-0.05, 0) is 24.3 Å². The first-order valence-electron chi connectivity index (χ1n) is 7.28. The zero-order chi connectivity index (χ0) is 15.4. The minimum atomic E-state index is -0.515. The molecule has 2 aromatic heterocycles. The van der Waals surface area contributed by atoms with Crippen LogP contribution in [-0.2, 0) is 16.1 Å². The molecule has 3 rings (SSSR count). The maximum Gasteiger partial charge on any atom is 0.236 e. The number of aromatic nitrogens is 1. The molecular weight excluding hydrogens is 302 g/mol. The molecule has 1 aliphatic rings. The van der Waals surface area contributed by atoms with Gasteiger partial charge in [-0.25, -0.2) is 4.98 Å². The largest absolute Gasteiger partial charge is 0.443 e. The molecule has 7 heteroatoms. The van der Waals surface area contributed by atoms with Gasteiger partial charge in [0.05, 0.1) is 22.5 Å². The first kappa shape index (κ1) is 15.2. The molecule has 3 heterocycles. The van der Waals surface area contributed by atoms with Crippen LogP contribution in [0.1, 0.15) is 18.5 Å². The Morgan fingerprint density at radius 2 is 2.27 bits per heavy atom. The van der Waals surface area contributed by atoms with Gasteiger partial charge in [-0.1, -0.05) is 6.07 Å². The quantitative estimate of drug-likeness (QED) is 0.876. The summed E-state index contributed by atoms with van der Waals surface area (Å²) in [5.41, 5.74) is 6.02. The van der Waals surface area contributed by atoms with Crippen LogP contribution in [0, 0.1) is 5.41 Å². The minimum Gasteiger partial charge on any atom is -0.443 e. The highest BCUT2D eigenvalue weighted by Crippen LogP contribution is 2.29. The molecule has 0 saturated carbocycles. The Bertz CT molecular complexity index is 618. The van der Waals surface area contributed by atoms with Crippen LogP contribution < -0.4 is 11.1 Å². The Morgan fingerprint density at radius 1 is 1.45 bits per heavy atom. The molecule has 6 nitrogen and oxygen atoms in total. The molecule has 1 fully saturated rings. The summed E-state index contributed by atoms with van der Waals surface area (Å²) in [4.78, 5) is 17.8. The highest BCUT2D eigenvalue weighted by atomic mass is 32.1. The van der Waals surface area contributed by atoms with Crippen LogP contribution in [0.4, 0.5) is 0 Å². The molecule has 2 aromatic rings. The number of nitrogens with two attached hydrogens (primary N) is 1. The average molecular weight is 321 g/mol. The minimum absolute atomic E-state index is 0.0287. The van der Waals surface area contributed by atoms with Crippen molar-refractivity contribution >= 4 is 17.2 Å². The first-order chi connectivity index (χ1) is 10.7. The molecule has 3 N–H and O–H groups in total. The van der Waals surface area contributed by atoms with E-state index in [4.69, 9.17) is 14.9 Å². The molecule has 1 aliphatic heterocycles. The van der Waals surface area contributed by atoms with Crippen molar-refractivity contribution < 1.29 is 13.9 Å². The lowest BCUT2D eigenvalue weighted by atomic mass is 9.79. The summed E-state index contributed by atoms with van der Waals surface area (Å²) in [6, 6.07) is 3.89. The highest BCUT2D eigenvalue weighted by Gasteiger charge is 2.38. The second kappa shape index (κ2) is 6.60. The van der Waals surface area contributed by atoms with Crippen LogP contribution in [0.25, 0.3) is 10.8 Å². The van der Waals surface area contributed by atoms with Gasteiger partial charge in [0.2, 0.25) is 11.8 Å². The van der Waals surface area contributed by atoms with E-state index in [9.17, 15) is 4.79 Å². The molecule has 1 saturated heterocycles. The Balaban J connectivity index is 1.61. The summed E-state index contributed by atoms with van der Waals surface area (Å²) in [6.45, 7) is 1.84. The third-order valence-corrected chi connectivity index (χ3v) is 4.89. The highest BCUT2D eigenvalue weighted by molar-refractivity contribution is 7.13. The molecule has 22 heavy (non-hydrogen) atoms. The van der Waals surface area contributed by atoms with Gasteiger partial charge >= 0.3 is 0 Å². The first-order valence-corrected chi connectivity index (χ1v) is 8.16. The van der Waals surface area contributed by atoms with E-state index in [1.807, 2.05) is 17.5 Å². The number of oxazole rings is 1. The van der Waals surface area contributed by atoms with E-state index in [1.54, 1.807) is 17.6 Å². The fourth-order valence-corrected chi connectivity index (χ4v) is 3.20. The van der Waals surface area contributed by atoms with Crippen molar-refractivity contribution in [2.45, 2.75) is 19.4 Å². The fourth-order valence-electron chi connectivity index (χ4n) is 2.55. The van der Waals surface area contributed by atoms with Gasteiger partial charge < -0.3 is 20.2 Å². The number of hydrogen-bond donors (Lipinski definition) is 2. The SMILES string of the molecule is NCC1(C(=O)NCc2coc(-c3cccs3)n2)CCOCC1. The van der Waals surface area contributed by atoms with Crippen molar-refractivity contribution in [2.24, 2.45) is 11.1 Å². The van der Waals surface area contributed by atoms with Crippen LogP contribution in [-0.4, -0.2) is 30.6 Å². The van der Waals surface area contributed by atoms with E-state index in [-0.39, 0.29) is 5.91 Å².